The molecule has 0 aromatic heterocycles. The highest BCUT2D eigenvalue weighted by atomic mass is 32.2. The molecule has 0 aliphatic heterocycles. The molecule has 2 aromatic rings. The Hall–Kier alpha value is -2.61. The van der Waals surface area contributed by atoms with Gasteiger partial charge in [0.25, 0.3) is 0 Å². The van der Waals surface area contributed by atoms with E-state index in [0.717, 1.165) is 22.3 Å². The van der Waals surface area contributed by atoms with Crippen molar-refractivity contribution in [2.75, 3.05) is 35.6 Å². The number of nitrogens with zero attached hydrogens (tertiary/aromatic N) is 2. The first-order chi connectivity index (χ1) is 12.7. The summed E-state index contributed by atoms with van der Waals surface area (Å²) < 4.78 is 38.8. The van der Waals surface area contributed by atoms with Gasteiger partial charge in [-0.25, -0.2) is 12.8 Å². The van der Waals surface area contributed by atoms with Gasteiger partial charge in [0, 0.05) is 25.8 Å². The molecule has 1 unspecified atom stereocenters. The van der Waals surface area contributed by atoms with E-state index in [1.807, 2.05) is 42.3 Å². The smallest absolute Gasteiger partial charge is 0.243 e. The van der Waals surface area contributed by atoms with Crippen molar-refractivity contribution < 1.29 is 17.6 Å². The number of amides is 1. The number of hydrogen-bond acceptors (Lipinski definition) is 4. The van der Waals surface area contributed by atoms with Crippen LogP contribution in [-0.2, 0) is 14.8 Å². The van der Waals surface area contributed by atoms with E-state index in [-0.39, 0.29) is 5.69 Å². The number of benzene rings is 2. The fourth-order valence-electron chi connectivity index (χ4n) is 2.73. The summed E-state index contributed by atoms with van der Waals surface area (Å²) >= 11 is 0. The van der Waals surface area contributed by atoms with E-state index < -0.39 is 27.8 Å². The van der Waals surface area contributed by atoms with Crippen LogP contribution in [0.3, 0.4) is 0 Å². The van der Waals surface area contributed by atoms with Crippen LogP contribution >= 0.6 is 0 Å². The van der Waals surface area contributed by atoms with Crippen LogP contribution in [0, 0.1) is 5.82 Å². The zero-order valence-electron chi connectivity index (χ0n) is 15.6. The fourth-order valence-corrected chi connectivity index (χ4v) is 3.89. The zero-order valence-corrected chi connectivity index (χ0v) is 16.4. The first-order valence-electron chi connectivity index (χ1n) is 8.49. The van der Waals surface area contributed by atoms with Crippen LogP contribution in [0.25, 0.3) is 0 Å². The zero-order chi connectivity index (χ0) is 20.0. The van der Waals surface area contributed by atoms with Gasteiger partial charge in [-0.05, 0) is 37.3 Å². The van der Waals surface area contributed by atoms with Gasteiger partial charge in [0.1, 0.15) is 11.9 Å². The maximum atomic E-state index is 13.5. The number of para-hydroxylation sites is 1. The van der Waals surface area contributed by atoms with Crippen molar-refractivity contribution in [1.29, 1.82) is 0 Å². The van der Waals surface area contributed by atoms with Crippen molar-refractivity contribution in [3.8, 4) is 0 Å². The molecule has 1 amide bonds. The average Bonchev–Trinajstić information content (AvgIpc) is 2.61. The Balaban J connectivity index is 2.03. The topological polar surface area (TPSA) is 69.7 Å². The molecule has 0 spiro atoms. The van der Waals surface area contributed by atoms with E-state index >= 15 is 0 Å². The van der Waals surface area contributed by atoms with Crippen LogP contribution in [0.2, 0.25) is 0 Å². The molecule has 0 fully saturated rings. The number of carbonyl (C=O) groups excluding carboxylic acids is 1. The minimum absolute atomic E-state index is 0.113. The van der Waals surface area contributed by atoms with Gasteiger partial charge in [-0.1, -0.05) is 24.3 Å². The minimum Gasteiger partial charge on any atom is -0.373 e. The van der Waals surface area contributed by atoms with E-state index in [4.69, 9.17) is 0 Å². The summed E-state index contributed by atoms with van der Waals surface area (Å²) in [6.07, 6.45) is 0.991. The lowest BCUT2D eigenvalue weighted by Gasteiger charge is -2.28. The highest BCUT2D eigenvalue weighted by Gasteiger charge is 2.29. The molecule has 0 saturated carbocycles. The second-order valence-corrected chi connectivity index (χ2v) is 8.12. The van der Waals surface area contributed by atoms with Gasteiger partial charge in [-0.3, -0.25) is 9.10 Å². The number of carbonyl (C=O) groups is 1. The first-order valence-corrected chi connectivity index (χ1v) is 10.3. The highest BCUT2D eigenvalue weighted by Crippen LogP contribution is 2.21. The third kappa shape index (κ3) is 5.68. The van der Waals surface area contributed by atoms with Crippen molar-refractivity contribution in [1.82, 2.24) is 5.32 Å². The lowest BCUT2D eigenvalue weighted by molar-refractivity contribution is -0.121. The van der Waals surface area contributed by atoms with Crippen LogP contribution in [0.4, 0.5) is 15.8 Å². The summed E-state index contributed by atoms with van der Waals surface area (Å²) in [5.74, 6) is -1.02. The molecule has 0 saturated heterocycles. The number of halogens is 1. The Morgan fingerprint density at radius 2 is 1.74 bits per heavy atom. The normalized spacial score (nSPS) is 12.3. The van der Waals surface area contributed by atoms with Crippen LogP contribution in [0.1, 0.15) is 6.92 Å². The molecular weight excluding hydrogens is 369 g/mol. The summed E-state index contributed by atoms with van der Waals surface area (Å²) in [4.78, 5) is 14.5. The van der Waals surface area contributed by atoms with Crippen molar-refractivity contribution in [3.05, 3.63) is 60.4 Å². The lowest BCUT2D eigenvalue weighted by Crippen LogP contribution is -2.49. The number of anilines is 2. The second kappa shape index (κ2) is 8.85. The van der Waals surface area contributed by atoms with Crippen molar-refractivity contribution in [2.45, 2.75) is 13.0 Å². The standard InChI is InChI=1S/C19H24FN3O3S/c1-15(23(27(3,25)26)18-11-7-8-16(20)14-18)19(24)21-12-13-22(2)17-9-5-4-6-10-17/h4-11,14-15H,12-13H2,1-3H3,(H,21,24). The number of hydrogen-bond donors (Lipinski definition) is 1. The van der Waals surface area contributed by atoms with Crippen LogP contribution < -0.4 is 14.5 Å². The van der Waals surface area contributed by atoms with E-state index in [1.54, 1.807) is 0 Å². The highest BCUT2D eigenvalue weighted by molar-refractivity contribution is 7.92. The molecule has 2 rings (SSSR count). The average molecular weight is 393 g/mol. The summed E-state index contributed by atoms with van der Waals surface area (Å²) in [6, 6.07) is 13.8. The van der Waals surface area contributed by atoms with Crippen LogP contribution in [0.15, 0.2) is 54.6 Å². The molecule has 0 heterocycles. The van der Waals surface area contributed by atoms with Gasteiger partial charge in [0.2, 0.25) is 15.9 Å². The summed E-state index contributed by atoms with van der Waals surface area (Å²) in [5, 5.41) is 2.74. The number of likely N-dealkylation sites (N-methyl/N-ethyl adjacent to an activating group) is 1. The molecule has 2 aromatic carbocycles. The first kappa shape index (κ1) is 20.7. The van der Waals surface area contributed by atoms with Crippen LogP contribution in [0.5, 0.6) is 0 Å². The molecule has 0 aliphatic rings. The maximum absolute atomic E-state index is 13.5. The molecule has 0 bridgehead atoms. The minimum atomic E-state index is -3.77. The molecule has 6 nitrogen and oxygen atoms in total. The van der Waals surface area contributed by atoms with Gasteiger partial charge in [-0.15, -0.1) is 0 Å². The van der Waals surface area contributed by atoms with E-state index in [9.17, 15) is 17.6 Å². The largest absolute Gasteiger partial charge is 0.373 e. The third-order valence-electron chi connectivity index (χ3n) is 4.09. The Kier molecular flexibility index (Phi) is 6.79. The number of rotatable bonds is 8. The molecular formula is C19H24FN3O3S. The molecule has 8 heteroatoms. The summed E-state index contributed by atoms with van der Waals surface area (Å²) in [7, 11) is -1.86. The van der Waals surface area contributed by atoms with Crippen molar-refractivity contribution >= 4 is 27.3 Å². The van der Waals surface area contributed by atoms with Gasteiger partial charge in [-0.2, -0.15) is 0 Å². The Morgan fingerprint density at radius 3 is 2.33 bits per heavy atom. The van der Waals surface area contributed by atoms with Gasteiger partial charge >= 0.3 is 0 Å². The maximum Gasteiger partial charge on any atom is 0.243 e. The lowest BCUT2D eigenvalue weighted by atomic mass is 10.2. The SMILES string of the molecule is CC(C(=O)NCCN(C)c1ccccc1)N(c1cccc(F)c1)S(C)(=O)=O. The monoisotopic (exact) mass is 393 g/mol. The van der Waals surface area contributed by atoms with Crippen LogP contribution in [-0.4, -0.2) is 46.8 Å². The predicted octanol–water partition coefficient (Wildman–Crippen LogP) is 2.23. The van der Waals surface area contributed by atoms with Gasteiger partial charge in [0.15, 0.2) is 0 Å². The third-order valence-corrected chi connectivity index (χ3v) is 5.34. The molecule has 0 aliphatic carbocycles. The molecule has 146 valence electrons. The quantitative estimate of drug-likeness (QED) is 0.747. The number of sulfonamides is 1. The fraction of sp³-hybridized carbons (Fsp3) is 0.316. The summed E-state index contributed by atoms with van der Waals surface area (Å²) in [6.45, 7) is 2.37. The Labute approximate surface area is 159 Å². The predicted molar refractivity (Wildman–Crippen MR) is 106 cm³/mol. The number of nitrogens with one attached hydrogen (secondary N) is 1. The van der Waals surface area contributed by atoms with Gasteiger partial charge < -0.3 is 10.2 Å². The molecule has 1 atom stereocenters. The van der Waals surface area contributed by atoms with Crippen molar-refractivity contribution in [2.24, 2.45) is 0 Å². The van der Waals surface area contributed by atoms with Crippen molar-refractivity contribution in [3.63, 3.8) is 0 Å². The van der Waals surface area contributed by atoms with E-state index in [1.165, 1.54) is 25.1 Å². The van der Waals surface area contributed by atoms with Gasteiger partial charge in [0.05, 0.1) is 11.9 Å². The molecule has 27 heavy (non-hydrogen) atoms. The second-order valence-electron chi connectivity index (χ2n) is 6.26. The molecule has 1 N–H and O–H groups in total. The van der Waals surface area contributed by atoms with E-state index in [0.29, 0.717) is 13.1 Å². The Morgan fingerprint density at radius 1 is 1.11 bits per heavy atom. The summed E-state index contributed by atoms with van der Waals surface area (Å²) in [5.41, 5.74) is 1.12. The Bertz CT molecular complexity index is 875. The van der Waals surface area contributed by atoms with E-state index in [2.05, 4.69) is 5.32 Å². The molecule has 0 radical (unpaired) electrons.